The lowest BCUT2D eigenvalue weighted by Crippen LogP contribution is -2.12. The number of hydrogen-bond acceptors (Lipinski definition) is 2. The van der Waals surface area contributed by atoms with Crippen LogP contribution in [0.4, 0.5) is 17.1 Å². The summed E-state index contributed by atoms with van der Waals surface area (Å²) in [5.41, 5.74) is 7.30. The Bertz CT molecular complexity index is 2850. The molecule has 0 saturated heterocycles. The third kappa shape index (κ3) is 4.00. The Labute approximate surface area is 277 Å². The Morgan fingerprint density at radius 1 is 0.333 bits per heavy atom. The molecular formula is C46H29NO. The van der Waals surface area contributed by atoms with Gasteiger partial charge in [-0.15, -0.1) is 0 Å². The van der Waals surface area contributed by atoms with Crippen molar-refractivity contribution in [3.63, 3.8) is 0 Å². The molecule has 0 N–H and O–H groups in total. The van der Waals surface area contributed by atoms with Crippen LogP contribution in [0.1, 0.15) is 0 Å². The molecule has 0 radical (unpaired) electrons. The molecule has 0 unspecified atom stereocenters. The summed E-state index contributed by atoms with van der Waals surface area (Å²) in [4.78, 5) is 2.42. The summed E-state index contributed by atoms with van der Waals surface area (Å²) in [5.74, 6) is 0. The predicted molar refractivity (Wildman–Crippen MR) is 204 cm³/mol. The van der Waals surface area contributed by atoms with E-state index < -0.39 is 0 Å². The van der Waals surface area contributed by atoms with Gasteiger partial charge in [0, 0.05) is 27.1 Å². The van der Waals surface area contributed by atoms with Gasteiger partial charge in [0.1, 0.15) is 5.58 Å². The van der Waals surface area contributed by atoms with Crippen molar-refractivity contribution in [2.24, 2.45) is 0 Å². The first-order chi connectivity index (χ1) is 23.8. The van der Waals surface area contributed by atoms with Gasteiger partial charge in [-0.1, -0.05) is 152 Å². The van der Waals surface area contributed by atoms with E-state index in [1.807, 2.05) is 0 Å². The fourth-order valence-corrected chi connectivity index (χ4v) is 7.65. The van der Waals surface area contributed by atoms with Gasteiger partial charge in [-0.2, -0.15) is 0 Å². The molecule has 224 valence electrons. The highest BCUT2D eigenvalue weighted by Gasteiger charge is 2.24. The van der Waals surface area contributed by atoms with Crippen molar-refractivity contribution in [1.82, 2.24) is 0 Å². The molecule has 10 rings (SSSR count). The Kier molecular flexibility index (Phi) is 5.91. The Balaban J connectivity index is 1.35. The van der Waals surface area contributed by atoms with E-state index in [1.54, 1.807) is 0 Å². The summed E-state index contributed by atoms with van der Waals surface area (Å²) in [6.07, 6.45) is 0. The van der Waals surface area contributed by atoms with Crippen molar-refractivity contribution in [2.45, 2.75) is 0 Å². The van der Waals surface area contributed by atoms with Gasteiger partial charge in [0.2, 0.25) is 0 Å². The highest BCUT2D eigenvalue weighted by molar-refractivity contribution is 6.24. The van der Waals surface area contributed by atoms with Crippen LogP contribution >= 0.6 is 0 Å². The molecule has 0 aliphatic rings. The molecule has 0 aliphatic heterocycles. The molecule has 0 fully saturated rings. The van der Waals surface area contributed by atoms with Crippen LogP contribution in [0, 0.1) is 0 Å². The van der Waals surface area contributed by atoms with E-state index in [0.717, 1.165) is 55.5 Å². The summed E-state index contributed by atoms with van der Waals surface area (Å²) < 4.78 is 6.98. The largest absolute Gasteiger partial charge is 0.453 e. The number of para-hydroxylation sites is 2. The molecule has 2 heteroatoms. The van der Waals surface area contributed by atoms with Gasteiger partial charge >= 0.3 is 0 Å². The average Bonchev–Trinajstić information content (AvgIpc) is 3.55. The second-order valence-corrected chi connectivity index (χ2v) is 12.5. The van der Waals surface area contributed by atoms with Crippen LogP contribution in [0.15, 0.2) is 180 Å². The van der Waals surface area contributed by atoms with Crippen LogP contribution in [0.5, 0.6) is 0 Å². The van der Waals surface area contributed by atoms with Crippen LogP contribution in [-0.2, 0) is 0 Å². The minimum atomic E-state index is 0.870. The van der Waals surface area contributed by atoms with E-state index in [2.05, 4.69) is 181 Å². The van der Waals surface area contributed by atoms with E-state index in [4.69, 9.17) is 4.42 Å². The molecule has 2 nitrogen and oxygen atoms in total. The molecule has 0 aliphatic carbocycles. The van der Waals surface area contributed by atoms with Crippen LogP contribution < -0.4 is 4.90 Å². The number of furan rings is 1. The minimum absolute atomic E-state index is 0.870. The Morgan fingerprint density at radius 2 is 0.917 bits per heavy atom. The highest BCUT2D eigenvalue weighted by Crippen LogP contribution is 2.49. The summed E-state index contributed by atoms with van der Waals surface area (Å²) >= 11 is 0. The van der Waals surface area contributed by atoms with Gasteiger partial charge in [-0.05, 0) is 62.1 Å². The zero-order valence-electron chi connectivity index (χ0n) is 26.1. The summed E-state index contributed by atoms with van der Waals surface area (Å²) in [6.45, 7) is 0. The lowest BCUT2D eigenvalue weighted by atomic mass is 9.94. The van der Waals surface area contributed by atoms with Crippen LogP contribution in [0.25, 0.3) is 76.2 Å². The van der Waals surface area contributed by atoms with Gasteiger partial charge in [-0.3, -0.25) is 0 Å². The first-order valence-corrected chi connectivity index (χ1v) is 16.4. The number of hydrogen-bond donors (Lipinski definition) is 0. The average molecular weight is 612 g/mol. The van der Waals surface area contributed by atoms with Gasteiger partial charge in [-0.25, -0.2) is 0 Å². The van der Waals surface area contributed by atoms with Crippen molar-refractivity contribution in [3.05, 3.63) is 176 Å². The molecule has 0 spiro atoms. The van der Waals surface area contributed by atoms with Gasteiger partial charge in [0.05, 0.1) is 17.1 Å². The number of nitrogens with zero attached hydrogens (tertiary/aromatic N) is 1. The number of benzene rings is 9. The molecule has 0 amide bonds. The lowest BCUT2D eigenvalue weighted by molar-refractivity contribution is 0.673. The maximum absolute atomic E-state index is 6.98. The van der Waals surface area contributed by atoms with E-state index in [1.165, 1.54) is 37.7 Å². The van der Waals surface area contributed by atoms with Crippen molar-refractivity contribution >= 4 is 82.1 Å². The number of rotatable bonds is 4. The summed E-state index contributed by atoms with van der Waals surface area (Å²) in [5, 5.41) is 11.9. The lowest BCUT2D eigenvalue weighted by Gasteiger charge is -2.29. The van der Waals surface area contributed by atoms with Gasteiger partial charge in [0.25, 0.3) is 0 Å². The second kappa shape index (κ2) is 10.6. The molecule has 0 saturated carbocycles. The quantitative estimate of drug-likeness (QED) is 0.184. The highest BCUT2D eigenvalue weighted by atomic mass is 16.3. The monoisotopic (exact) mass is 611 g/mol. The van der Waals surface area contributed by atoms with E-state index in [9.17, 15) is 0 Å². The van der Waals surface area contributed by atoms with Crippen molar-refractivity contribution in [1.29, 1.82) is 0 Å². The van der Waals surface area contributed by atoms with Gasteiger partial charge < -0.3 is 9.32 Å². The standard InChI is InChI=1S/C46H29NO/c1-2-13-30(14-3-1)34-17-10-11-23-41(34)47(42-24-12-22-39-40-28-27-32-16-5-7-19-36(32)45(40)48-46(39)42)43-29-33-26-25-31-15-4-6-18-35(31)44(33)38-21-9-8-20-37(38)43/h1-29H. The third-order valence-electron chi connectivity index (χ3n) is 9.81. The zero-order chi connectivity index (χ0) is 31.6. The van der Waals surface area contributed by atoms with Crippen LogP contribution in [-0.4, -0.2) is 0 Å². The SMILES string of the molecule is c1ccc(-c2ccccc2N(c2cc3ccc4ccccc4c3c3ccccc23)c2cccc3c2oc2c4ccccc4ccc32)cc1. The summed E-state index contributed by atoms with van der Waals surface area (Å²) in [7, 11) is 0. The fourth-order valence-electron chi connectivity index (χ4n) is 7.65. The van der Waals surface area contributed by atoms with Crippen LogP contribution in [0.3, 0.4) is 0 Å². The van der Waals surface area contributed by atoms with E-state index in [-0.39, 0.29) is 0 Å². The minimum Gasteiger partial charge on any atom is -0.453 e. The van der Waals surface area contributed by atoms with Crippen molar-refractivity contribution < 1.29 is 4.42 Å². The normalized spacial score (nSPS) is 11.8. The van der Waals surface area contributed by atoms with Crippen LogP contribution in [0.2, 0.25) is 0 Å². The number of anilines is 3. The van der Waals surface area contributed by atoms with E-state index >= 15 is 0 Å². The predicted octanol–water partition coefficient (Wildman–Crippen LogP) is 13.3. The molecule has 9 aromatic carbocycles. The molecule has 1 aromatic heterocycles. The zero-order valence-corrected chi connectivity index (χ0v) is 26.1. The van der Waals surface area contributed by atoms with E-state index in [0.29, 0.717) is 0 Å². The first-order valence-electron chi connectivity index (χ1n) is 16.4. The molecular weight excluding hydrogens is 583 g/mol. The summed E-state index contributed by atoms with van der Waals surface area (Å²) in [6, 6.07) is 63.2. The maximum Gasteiger partial charge on any atom is 0.159 e. The number of fused-ring (bicyclic) bond motifs is 10. The van der Waals surface area contributed by atoms with Gasteiger partial charge in [0.15, 0.2) is 5.58 Å². The Hall–Kier alpha value is -6.38. The third-order valence-corrected chi connectivity index (χ3v) is 9.81. The topological polar surface area (TPSA) is 16.4 Å². The second-order valence-electron chi connectivity index (χ2n) is 12.5. The molecule has 48 heavy (non-hydrogen) atoms. The molecule has 10 aromatic rings. The Morgan fingerprint density at radius 3 is 1.77 bits per heavy atom. The fraction of sp³-hybridized carbons (Fsp3) is 0. The molecule has 0 bridgehead atoms. The molecule has 1 heterocycles. The smallest absolute Gasteiger partial charge is 0.159 e. The molecule has 0 atom stereocenters. The van der Waals surface area contributed by atoms with Crippen molar-refractivity contribution in [2.75, 3.05) is 4.90 Å². The first kappa shape index (κ1) is 26.8. The van der Waals surface area contributed by atoms with Crippen molar-refractivity contribution in [3.8, 4) is 11.1 Å². The maximum atomic E-state index is 6.98.